The van der Waals surface area contributed by atoms with E-state index in [0.29, 0.717) is 12.4 Å². The van der Waals surface area contributed by atoms with Crippen LogP contribution in [0.3, 0.4) is 0 Å². The van der Waals surface area contributed by atoms with Gasteiger partial charge in [-0.2, -0.15) is 5.10 Å². The number of nitrogens with zero attached hydrogens (tertiary/aromatic N) is 2. The summed E-state index contributed by atoms with van der Waals surface area (Å²) in [5.41, 5.74) is 1.90. The predicted molar refractivity (Wildman–Crippen MR) is 78.0 cm³/mol. The second-order valence-corrected chi connectivity index (χ2v) is 5.14. The van der Waals surface area contributed by atoms with Crippen molar-refractivity contribution in [2.75, 3.05) is 11.9 Å². The van der Waals surface area contributed by atoms with Crippen LogP contribution in [-0.4, -0.2) is 37.6 Å². The molecule has 0 saturated heterocycles. The van der Waals surface area contributed by atoms with Gasteiger partial charge in [-0.05, 0) is 12.1 Å². The summed E-state index contributed by atoms with van der Waals surface area (Å²) < 4.78 is 1.59. The summed E-state index contributed by atoms with van der Waals surface area (Å²) in [4.78, 5) is 12.3. The maximum absolute atomic E-state index is 12.3. The van der Waals surface area contributed by atoms with Gasteiger partial charge in [0.1, 0.15) is 5.82 Å². The summed E-state index contributed by atoms with van der Waals surface area (Å²) >= 11 is 0. The van der Waals surface area contributed by atoms with Gasteiger partial charge in [-0.1, -0.05) is 0 Å². The fourth-order valence-corrected chi connectivity index (χ4v) is 2.50. The van der Waals surface area contributed by atoms with E-state index in [4.69, 9.17) is 0 Å². The third-order valence-electron chi connectivity index (χ3n) is 3.63. The molecular weight excluding hydrogens is 288 g/mol. The van der Waals surface area contributed by atoms with Crippen molar-refractivity contribution in [2.24, 2.45) is 7.05 Å². The number of hydrogen-bond acceptors (Lipinski definition) is 6. The number of aromatic hydroxyl groups is 3. The average molecular weight is 304 g/mol. The molecule has 0 saturated carbocycles. The Balaban J connectivity index is 1.91. The number of aryl methyl sites for hydroxylation is 1. The van der Waals surface area contributed by atoms with E-state index >= 15 is 0 Å². The number of amides is 1. The van der Waals surface area contributed by atoms with Gasteiger partial charge in [-0.25, -0.2) is 0 Å². The van der Waals surface area contributed by atoms with E-state index in [9.17, 15) is 20.1 Å². The first kappa shape index (κ1) is 14.2. The highest BCUT2D eigenvalue weighted by molar-refractivity contribution is 6.05. The highest BCUT2D eigenvalue weighted by Crippen LogP contribution is 2.35. The molecule has 1 aliphatic heterocycles. The van der Waals surface area contributed by atoms with Crippen molar-refractivity contribution >= 4 is 11.7 Å². The van der Waals surface area contributed by atoms with Crippen molar-refractivity contribution < 1.29 is 20.1 Å². The minimum atomic E-state index is -0.654. The first-order valence-electron chi connectivity index (χ1n) is 6.79. The molecule has 0 radical (unpaired) electrons. The average Bonchev–Trinajstić information content (AvgIpc) is 2.80. The fraction of sp³-hybridized carbons (Fsp3) is 0.286. The van der Waals surface area contributed by atoms with E-state index in [2.05, 4.69) is 15.7 Å². The minimum absolute atomic E-state index is 0.0338. The molecular formula is C14H16N4O4. The minimum Gasteiger partial charge on any atom is -0.504 e. The summed E-state index contributed by atoms with van der Waals surface area (Å²) in [5.74, 6) is -1.71. The summed E-state index contributed by atoms with van der Waals surface area (Å²) in [5, 5.41) is 38.6. The first-order chi connectivity index (χ1) is 10.5. The van der Waals surface area contributed by atoms with Crippen molar-refractivity contribution in [1.82, 2.24) is 15.1 Å². The Morgan fingerprint density at radius 2 is 2.00 bits per heavy atom. The highest BCUT2D eigenvalue weighted by atomic mass is 16.3. The van der Waals surface area contributed by atoms with Crippen LogP contribution in [0.4, 0.5) is 5.82 Å². The standard InChI is InChI=1S/C14H16N4O4/c1-18-13(8-6-15-3-2-9(8)17-18)16-14(22)7-4-10(19)12(21)11(20)5-7/h4-5,15,19-21H,2-3,6H2,1H3,(H,16,22). The molecule has 1 aromatic heterocycles. The number of benzene rings is 1. The molecule has 8 nitrogen and oxygen atoms in total. The van der Waals surface area contributed by atoms with Gasteiger partial charge >= 0.3 is 0 Å². The van der Waals surface area contributed by atoms with Gasteiger partial charge in [0.15, 0.2) is 17.2 Å². The number of carbonyl (C=O) groups excluding carboxylic acids is 1. The topological polar surface area (TPSA) is 120 Å². The van der Waals surface area contributed by atoms with Crippen LogP contribution >= 0.6 is 0 Å². The lowest BCUT2D eigenvalue weighted by molar-refractivity contribution is 0.102. The Labute approximate surface area is 126 Å². The van der Waals surface area contributed by atoms with Crippen LogP contribution in [0.15, 0.2) is 12.1 Å². The summed E-state index contributed by atoms with van der Waals surface area (Å²) in [6.07, 6.45) is 0.791. The highest BCUT2D eigenvalue weighted by Gasteiger charge is 2.21. The Bertz CT molecular complexity index is 731. The van der Waals surface area contributed by atoms with Gasteiger partial charge in [0, 0.05) is 37.7 Å². The second-order valence-electron chi connectivity index (χ2n) is 5.14. The Morgan fingerprint density at radius 3 is 2.68 bits per heavy atom. The van der Waals surface area contributed by atoms with Crippen molar-refractivity contribution in [3.63, 3.8) is 0 Å². The first-order valence-corrected chi connectivity index (χ1v) is 6.79. The molecule has 5 N–H and O–H groups in total. The van der Waals surface area contributed by atoms with Crippen LogP contribution in [0.5, 0.6) is 17.2 Å². The molecule has 116 valence electrons. The lowest BCUT2D eigenvalue weighted by Gasteiger charge is -2.14. The van der Waals surface area contributed by atoms with Crippen molar-refractivity contribution in [1.29, 1.82) is 0 Å². The number of aromatic nitrogens is 2. The van der Waals surface area contributed by atoms with Crippen molar-refractivity contribution in [2.45, 2.75) is 13.0 Å². The molecule has 0 aliphatic carbocycles. The quantitative estimate of drug-likeness (QED) is 0.513. The van der Waals surface area contributed by atoms with Gasteiger partial charge in [-0.3, -0.25) is 9.48 Å². The summed E-state index contributed by atoms with van der Waals surface area (Å²) in [6, 6.07) is 2.18. The number of fused-ring (bicyclic) bond motifs is 1. The lowest BCUT2D eigenvalue weighted by atomic mass is 10.1. The monoisotopic (exact) mass is 304 g/mol. The number of hydrogen-bond donors (Lipinski definition) is 5. The van der Waals surface area contributed by atoms with Crippen molar-refractivity contribution in [3.05, 3.63) is 29.0 Å². The molecule has 0 atom stereocenters. The van der Waals surface area contributed by atoms with E-state index in [0.717, 1.165) is 36.4 Å². The van der Waals surface area contributed by atoms with Gasteiger partial charge in [-0.15, -0.1) is 0 Å². The number of nitrogens with one attached hydrogen (secondary N) is 2. The van der Waals surface area contributed by atoms with Gasteiger partial charge in [0.25, 0.3) is 5.91 Å². The smallest absolute Gasteiger partial charge is 0.257 e. The zero-order chi connectivity index (χ0) is 15.9. The van der Waals surface area contributed by atoms with Crippen LogP contribution in [0.1, 0.15) is 21.6 Å². The fourth-order valence-electron chi connectivity index (χ4n) is 2.50. The molecule has 1 aliphatic rings. The predicted octanol–water partition coefficient (Wildman–Crippen LogP) is 0.435. The molecule has 8 heteroatoms. The van der Waals surface area contributed by atoms with E-state index < -0.39 is 23.2 Å². The van der Waals surface area contributed by atoms with E-state index in [1.54, 1.807) is 11.7 Å². The molecule has 1 aromatic carbocycles. The Hall–Kier alpha value is -2.74. The van der Waals surface area contributed by atoms with E-state index in [1.165, 1.54) is 0 Å². The number of phenolic OH excluding ortho intramolecular Hbond substituents is 3. The summed E-state index contributed by atoms with van der Waals surface area (Å²) in [7, 11) is 1.74. The molecule has 0 bridgehead atoms. The SMILES string of the molecule is Cn1nc2c(c1NC(=O)c1cc(O)c(O)c(O)c1)CNCC2. The number of rotatable bonds is 2. The number of carbonyl (C=O) groups is 1. The molecule has 1 amide bonds. The maximum atomic E-state index is 12.3. The second kappa shape index (κ2) is 5.23. The third kappa shape index (κ3) is 2.33. The maximum Gasteiger partial charge on any atom is 0.257 e. The van der Waals surface area contributed by atoms with Crippen LogP contribution in [-0.2, 0) is 20.0 Å². The normalized spacial score (nSPS) is 13.7. The number of anilines is 1. The largest absolute Gasteiger partial charge is 0.504 e. The van der Waals surface area contributed by atoms with Gasteiger partial charge in [0.05, 0.1) is 5.69 Å². The van der Waals surface area contributed by atoms with E-state index in [1.807, 2.05) is 0 Å². The van der Waals surface area contributed by atoms with Gasteiger partial charge in [0.2, 0.25) is 0 Å². The summed E-state index contributed by atoms with van der Waals surface area (Å²) in [6.45, 7) is 1.46. The molecule has 22 heavy (non-hydrogen) atoms. The zero-order valence-electron chi connectivity index (χ0n) is 11.9. The lowest BCUT2D eigenvalue weighted by Crippen LogP contribution is -2.24. The van der Waals surface area contributed by atoms with Crippen molar-refractivity contribution in [3.8, 4) is 17.2 Å². The van der Waals surface area contributed by atoms with Crippen LogP contribution < -0.4 is 10.6 Å². The molecule has 0 fully saturated rings. The Morgan fingerprint density at radius 1 is 1.32 bits per heavy atom. The molecule has 3 rings (SSSR count). The number of phenols is 3. The van der Waals surface area contributed by atoms with Crippen LogP contribution in [0.2, 0.25) is 0 Å². The van der Waals surface area contributed by atoms with E-state index in [-0.39, 0.29) is 5.56 Å². The zero-order valence-corrected chi connectivity index (χ0v) is 11.9. The molecule has 0 unspecified atom stereocenters. The van der Waals surface area contributed by atoms with Gasteiger partial charge < -0.3 is 26.0 Å². The molecule has 0 spiro atoms. The van der Waals surface area contributed by atoms with Crippen LogP contribution in [0.25, 0.3) is 0 Å². The molecule has 2 aromatic rings. The van der Waals surface area contributed by atoms with Crippen LogP contribution in [0, 0.1) is 0 Å². The third-order valence-corrected chi connectivity index (χ3v) is 3.63. The Kier molecular flexibility index (Phi) is 3.38. The molecule has 2 heterocycles.